The molecule has 0 aliphatic rings. The molecule has 1 heterocycles. The Morgan fingerprint density at radius 2 is 1.83 bits per heavy atom. The Labute approximate surface area is 179 Å². The highest BCUT2D eigenvalue weighted by molar-refractivity contribution is 7.99. The average molecular weight is 448 g/mol. The molecule has 0 spiro atoms. The summed E-state index contributed by atoms with van der Waals surface area (Å²) in [5.41, 5.74) is 0.575. The lowest BCUT2D eigenvalue weighted by Gasteiger charge is -2.16. The van der Waals surface area contributed by atoms with Crippen molar-refractivity contribution in [2.45, 2.75) is 14.7 Å². The van der Waals surface area contributed by atoms with Crippen LogP contribution < -0.4 is 5.32 Å². The molecule has 2 aromatic carbocycles. The quantitative estimate of drug-likeness (QED) is 0.588. The average Bonchev–Trinajstić information content (AvgIpc) is 2.71. The molecule has 1 amide bonds. The maximum absolute atomic E-state index is 12.5. The minimum absolute atomic E-state index is 0.0382. The summed E-state index contributed by atoms with van der Waals surface area (Å²) in [5, 5.41) is 3.38. The summed E-state index contributed by atoms with van der Waals surface area (Å²) in [4.78, 5) is 18.0. The number of hydrogen-bond donors (Lipinski definition) is 1. The van der Waals surface area contributed by atoms with Crippen LogP contribution in [-0.2, 0) is 14.8 Å². The highest BCUT2D eigenvalue weighted by Crippen LogP contribution is 2.33. The summed E-state index contributed by atoms with van der Waals surface area (Å²) in [7, 11) is -2.43. The molecule has 1 N–H and O–H groups in total. The standard InChI is InChI=1S/C20H18ClN3O3S2/c1-24(29(26,27)17-5-4-12-22-13-17)14-20(25)23-15-8-10-16(11-9-15)28-19-7-3-2-6-18(19)21/h2-13H,14H2,1H3,(H,23,25). The Balaban J connectivity index is 1.60. The van der Waals surface area contributed by atoms with Crippen LogP contribution in [0.2, 0.25) is 5.02 Å². The smallest absolute Gasteiger partial charge is 0.244 e. The fraction of sp³-hybridized carbons (Fsp3) is 0.100. The van der Waals surface area contributed by atoms with E-state index in [1.165, 1.54) is 43.3 Å². The van der Waals surface area contributed by atoms with Gasteiger partial charge in [-0.1, -0.05) is 35.5 Å². The number of nitrogens with one attached hydrogen (secondary N) is 1. The van der Waals surface area contributed by atoms with Crippen molar-refractivity contribution in [3.8, 4) is 0 Å². The van der Waals surface area contributed by atoms with Crippen molar-refractivity contribution in [2.24, 2.45) is 0 Å². The Morgan fingerprint density at radius 3 is 2.48 bits per heavy atom. The van der Waals surface area contributed by atoms with Gasteiger partial charge in [0.15, 0.2) is 0 Å². The van der Waals surface area contributed by atoms with E-state index in [9.17, 15) is 13.2 Å². The summed E-state index contributed by atoms with van der Waals surface area (Å²) in [5.74, 6) is -0.438. The number of carbonyl (C=O) groups excluding carboxylic acids is 1. The SMILES string of the molecule is CN(CC(=O)Nc1ccc(Sc2ccccc2Cl)cc1)S(=O)(=O)c1cccnc1. The number of likely N-dealkylation sites (N-methyl/N-ethyl adjacent to an activating group) is 1. The van der Waals surface area contributed by atoms with E-state index in [0.717, 1.165) is 14.1 Å². The van der Waals surface area contributed by atoms with Crippen molar-refractivity contribution in [1.29, 1.82) is 0 Å². The van der Waals surface area contributed by atoms with E-state index in [4.69, 9.17) is 11.6 Å². The maximum Gasteiger partial charge on any atom is 0.244 e. The molecule has 0 aliphatic carbocycles. The van der Waals surface area contributed by atoms with E-state index in [1.807, 2.05) is 36.4 Å². The Kier molecular flexibility index (Phi) is 6.92. The van der Waals surface area contributed by atoms with Gasteiger partial charge in [-0.3, -0.25) is 9.78 Å². The Hall–Kier alpha value is -2.39. The second-order valence-electron chi connectivity index (χ2n) is 6.05. The summed E-state index contributed by atoms with van der Waals surface area (Å²) < 4.78 is 25.9. The highest BCUT2D eigenvalue weighted by Gasteiger charge is 2.23. The second kappa shape index (κ2) is 9.41. The van der Waals surface area contributed by atoms with Gasteiger partial charge in [-0.15, -0.1) is 0 Å². The number of amides is 1. The van der Waals surface area contributed by atoms with Crippen LogP contribution in [0.4, 0.5) is 5.69 Å². The van der Waals surface area contributed by atoms with Crippen molar-refractivity contribution in [3.63, 3.8) is 0 Å². The van der Waals surface area contributed by atoms with E-state index >= 15 is 0 Å². The number of anilines is 1. The summed E-state index contributed by atoms with van der Waals surface area (Å²) in [6.07, 6.45) is 2.73. The number of halogens is 1. The third kappa shape index (κ3) is 5.57. The van der Waals surface area contributed by atoms with E-state index in [-0.39, 0.29) is 11.4 Å². The van der Waals surface area contributed by atoms with Crippen LogP contribution >= 0.6 is 23.4 Å². The highest BCUT2D eigenvalue weighted by atomic mass is 35.5. The molecular formula is C20H18ClN3O3S2. The van der Waals surface area contributed by atoms with Gasteiger partial charge < -0.3 is 5.32 Å². The molecule has 3 rings (SSSR count). The molecule has 0 unspecified atom stereocenters. The fourth-order valence-electron chi connectivity index (χ4n) is 2.43. The third-order valence-electron chi connectivity index (χ3n) is 3.91. The minimum atomic E-state index is -3.78. The Morgan fingerprint density at radius 1 is 1.10 bits per heavy atom. The van der Waals surface area contributed by atoms with Crippen LogP contribution in [0.1, 0.15) is 0 Å². The second-order valence-corrected chi connectivity index (χ2v) is 9.62. The number of hydrogen-bond acceptors (Lipinski definition) is 5. The topological polar surface area (TPSA) is 79.4 Å². The molecule has 3 aromatic rings. The molecule has 0 radical (unpaired) electrons. The summed E-state index contributed by atoms with van der Waals surface area (Å²) in [6.45, 7) is -0.312. The van der Waals surface area contributed by atoms with E-state index in [2.05, 4.69) is 10.3 Å². The van der Waals surface area contributed by atoms with Crippen LogP contribution in [0.25, 0.3) is 0 Å². The lowest BCUT2D eigenvalue weighted by molar-refractivity contribution is -0.116. The van der Waals surface area contributed by atoms with Crippen LogP contribution in [0.3, 0.4) is 0 Å². The number of benzene rings is 2. The van der Waals surface area contributed by atoms with E-state index in [0.29, 0.717) is 10.7 Å². The van der Waals surface area contributed by atoms with Crippen molar-refractivity contribution in [3.05, 3.63) is 78.1 Å². The molecule has 6 nitrogen and oxygen atoms in total. The van der Waals surface area contributed by atoms with Gasteiger partial charge in [0.1, 0.15) is 4.90 Å². The summed E-state index contributed by atoms with van der Waals surface area (Å²) >= 11 is 7.68. The molecule has 0 atom stereocenters. The lowest BCUT2D eigenvalue weighted by atomic mass is 10.3. The molecule has 150 valence electrons. The van der Waals surface area contributed by atoms with Crippen LogP contribution in [-0.4, -0.2) is 37.2 Å². The van der Waals surface area contributed by atoms with Gasteiger partial charge in [-0.05, 0) is 48.5 Å². The molecule has 0 aliphatic heterocycles. The maximum atomic E-state index is 12.5. The molecular weight excluding hydrogens is 430 g/mol. The number of carbonyl (C=O) groups is 1. The van der Waals surface area contributed by atoms with Crippen LogP contribution in [0.15, 0.2) is 87.7 Å². The predicted molar refractivity (Wildman–Crippen MR) is 115 cm³/mol. The molecule has 29 heavy (non-hydrogen) atoms. The monoisotopic (exact) mass is 447 g/mol. The zero-order chi connectivity index (χ0) is 20.9. The molecule has 0 saturated heterocycles. The predicted octanol–water partition coefficient (Wildman–Crippen LogP) is 4.15. The normalized spacial score (nSPS) is 11.4. The number of aromatic nitrogens is 1. The first-order valence-electron chi connectivity index (χ1n) is 8.55. The molecule has 0 saturated carbocycles. The van der Waals surface area contributed by atoms with Crippen molar-refractivity contribution >= 4 is 45.0 Å². The molecule has 9 heteroatoms. The first-order valence-corrected chi connectivity index (χ1v) is 11.2. The van der Waals surface area contributed by atoms with Gasteiger partial charge in [0.25, 0.3) is 0 Å². The number of nitrogens with zero attached hydrogens (tertiary/aromatic N) is 2. The first kappa shape index (κ1) is 21.3. The van der Waals surface area contributed by atoms with Gasteiger partial charge in [0, 0.05) is 34.9 Å². The van der Waals surface area contributed by atoms with Crippen molar-refractivity contribution in [1.82, 2.24) is 9.29 Å². The van der Waals surface area contributed by atoms with E-state index in [1.54, 1.807) is 12.1 Å². The third-order valence-corrected chi connectivity index (χ3v) is 7.22. The number of sulfonamides is 1. The first-order chi connectivity index (χ1) is 13.9. The van der Waals surface area contributed by atoms with Crippen molar-refractivity contribution < 1.29 is 13.2 Å². The van der Waals surface area contributed by atoms with Gasteiger partial charge in [-0.2, -0.15) is 4.31 Å². The number of rotatable bonds is 7. The van der Waals surface area contributed by atoms with Crippen LogP contribution in [0.5, 0.6) is 0 Å². The Bertz CT molecular complexity index is 1090. The zero-order valence-corrected chi connectivity index (χ0v) is 17.8. The summed E-state index contributed by atoms with van der Waals surface area (Å²) in [6, 6.07) is 17.7. The zero-order valence-electron chi connectivity index (χ0n) is 15.4. The minimum Gasteiger partial charge on any atom is -0.325 e. The largest absolute Gasteiger partial charge is 0.325 e. The lowest BCUT2D eigenvalue weighted by Crippen LogP contribution is -2.35. The molecule has 0 bridgehead atoms. The van der Waals surface area contributed by atoms with Gasteiger partial charge in [0.2, 0.25) is 15.9 Å². The van der Waals surface area contributed by atoms with Crippen LogP contribution in [0, 0.1) is 0 Å². The van der Waals surface area contributed by atoms with Gasteiger partial charge in [0.05, 0.1) is 11.6 Å². The van der Waals surface area contributed by atoms with E-state index < -0.39 is 15.9 Å². The molecule has 1 aromatic heterocycles. The van der Waals surface area contributed by atoms with Gasteiger partial charge >= 0.3 is 0 Å². The van der Waals surface area contributed by atoms with Gasteiger partial charge in [-0.25, -0.2) is 8.42 Å². The fourth-order valence-corrected chi connectivity index (χ4v) is 4.61. The molecule has 0 fully saturated rings. The number of pyridine rings is 1. The van der Waals surface area contributed by atoms with Crippen molar-refractivity contribution in [2.75, 3.05) is 18.9 Å².